The molecule has 1 heterocycles. The van der Waals surface area contributed by atoms with Gasteiger partial charge in [-0.2, -0.15) is 0 Å². The maximum atomic E-state index is 9.73. The van der Waals surface area contributed by atoms with Gasteiger partial charge in [0.2, 0.25) is 0 Å². The highest BCUT2D eigenvalue weighted by atomic mass is 16.5. The summed E-state index contributed by atoms with van der Waals surface area (Å²) in [6.45, 7) is 0. The minimum absolute atomic E-state index is 0.278. The van der Waals surface area contributed by atoms with Crippen LogP contribution in [0.15, 0.2) is 65.2 Å². The Hall–Kier alpha value is -2.55. The Labute approximate surface area is 111 Å². The Morgan fingerprint density at radius 3 is 2.47 bits per heavy atom. The number of nitrogens with zero attached hydrogens (tertiary/aromatic N) is 1. The predicted molar refractivity (Wildman–Crippen MR) is 72.9 cm³/mol. The van der Waals surface area contributed by atoms with Crippen LogP contribution in [0.3, 0.4) is 0 Å². The molecule has 3 heteroatoms. The van der Waals surface area contributed by atoms with Gasteiger partial charge >= 0.3 is 0 Å². The summed E-state index contributed by atoms with van der Waals surface area (Å²) in [7, 11) is 0. The van der Waals surface area contributed by atoms with Crippen LogP contribution in [0.5, 0.6) is 5.75 Å². The Morgan fingerprint density at radius 2 is 1.68 bits per heavy atom. The first-order valence-corrected chi connectivity index (χ1v) is 6.11. The van der Waals surface area contributed by atoms with E-state index in [1.807, 2.05) is 48.5 Å². The van der Waals surface area contributed by atoms with E-state index in [0.29, 0.717) is 6.42 Å². The van der Waals surface area contributed by atoms with E-state index in [1.165, 1.54) is 0 Å². The van der Waals surface area contributed by atoms with E-state index in [1.54, 1.807) is 12.1 Å². The monoisotopic (exact) mass is 251 g/mol. The molecule has 0 amide bonds. The highest BCUT2D eigenvalue weighted by Crippen LogP contribution is 2.23. The molecule has 0 spiro atoms. The molecule has 3 nitrogen and oxygen atoms in total. The summed E-state index contributed by atoms with van der Waals surface area (Å²) in [6, 6.07) is 19.0. The average molecular weight is 251 g/mol. The smallest absolute Gasteiger partial charge is 0.141 e. The minimum atomic E-state index is 0.278. The van der Waals surface area contributed by atoms with Gasteiger partial charge in [-0.05, 0) is 6.07 Å². The summed E-state index contributed by atoms with van der Waals surface area (Å²) in [5, 5.41) is 13.8. The molecule has 2 aromatic carbocycles. The third kappa shape index (κ3) is 2.50. The molecule has 0 unspecified atom stereocenters. The molecule has 19 heavy (non-hydrogen) atoms. The molecule has 0 radical (unpaired) electrons. The zero-order chi connectivity index (χ0) is 13.1. The number of phenols is 1. The van der Waals surface area contributed by atoms with Crippen molar-refractivity contribution >= 4 is 0 Å². The lowest BCUT2D eigenvalue weighted by Gasteiger charge is -1.99. The summed E-state index contributed by atoms with van der Waals surface area (Å²) in [4.78, 5) is 0. The fourth-order valence-electron chi connectivity index (χ4n) is 1.99. The van der Waals surface area contributed by atoms with Gasteiger partial charge in [0.15, 0.2) is 0 Å². The summed E-state index contributed by atoms with van der Waals surface area (Å²) in [5.41, 5.74) is 2.67. The van der Waals surface area contributed by atoms with Crippen LogP contribution in [-0.2, 0) is 6.42 Å². The van der Waals surface area contributed by atoms with E-state index in [2.05, 4.69) is 5.16 Å². The maximum Gasteiger partial charge on any atom is 0.141 e. The number of hydrogen-bond acceptors (Lipinski definition) is 3. The van der Waals surface area contributed by atoms with Crippen molar-refractivity contribution in [3.05, 3.63) is 72.0 Å². The predicted octanol–water partition coefficient (Wildman–Crippen LogP) is 3.64. The van der Waals surface area contributed by atoms with Gasteiger partial charge in [-0.3, -0.25) is 0 Å². The molecule has 1 N–H and O–H groups in total. The number of benzene rings is 2. The van der Waals surface area contributed by atoms with Gasteiger partial charge in [-0.1, -0.05) is 53.7 Å². The van der Waals surface area contributed by atoms with Crippen molar-refractivity contribution in [1.29, 1.82) is 0 Å². The Bertz CT molecular complexity index is 674. The van der Waals surface area contributed by atoms with Crippen LogP contribution >= 0.6 is 0 Å². The Kier molecular flexibility index (Phi) is 3.02. The molecule has 3 rings (SSSR count). The van der Waals surface area contributed by atoms with Crippen molar-refractivity contribution < 1.29 is 9.63 Å². The van der Waals surface area contributed by atoms with Crippen LogP contribution in [0.1, 0.15) is 11.3 Å². The average Bonchev–Trinajstić information content (AvgIpc) is 2.91. The highest BCUT2D eigenvalue weighted by Gasteiger charge is 2.08. The van der Waals surface area contributed by atoms with Gasteiger partial charge in [-0.25, -0.2) is 0 Å². The molecular weight excluding hydrogens is 238 g/mol. The number of phenolic OH excluding ortho intramolecular Hbond substituents is 1. The lowest BCUT2D eigenvalue weighted by molar-refractivity contribution is 0.389. The van der Waals surface area contributed by atoms with Gasteiger partial charge in [0.25, 0.3) is 0 Å². The van der Waals surface area contributed by atoms with Crippen molar-refractivity contribution in [3.8, 4) is 17.0 Å². The number of aromatic hydroxyl groups is 1. The molecule has 0 aliphatic heterocycles. The third-order valence-electron chi connectivity index (χ3n) is 2.98. The fourth-order valence-corrected chi connectivity index (χ4v) is 1.99. The molecule has 0 saturated heterocycles. The van der Waals surface area contributed by atoms with Crippen molar-refractivity contribution in [2.75, 3.05) is 0 Å². The van der Waals surface area contributed by atoms with E-state index in [9.17, 15) is 5.11 Å². The molecule has 0 aliphatic carbocycles. The molecule has 0 saturated carbocycles. The Balaban J connectivity index is 1.85. The van der Waals surface area contributed by atoms with E-state index < -0.39 is 0 Å². The first-order chi connectivity index (χ1) is 9.33. The largest absolute Gasteiger partial charge is 0.508 e. The van der Waals surface area contributed by atoms with E-state index in [-0.39, 0.29) is 5.75 Å². The van der Waals surface area contributed by atoms with Crippen molar-refractivity contribution in [3.63, 3.8) is 0 Å². The molecular formula is C16H13NO2. The van der Waals surface area contributed by atoms with Crippen LogP contribution in [0.4, 0.5) is 0 Å². The molecule has 0 atom stereocenters. The number of aromatic nitrogens is 1. The summed E-state index contributed by atoms with van der Waals surface area (Å²) in [6.07, 6.45) is 0.534. The quantitative estimate of drug-likeness (QED) is 0.773. The summed E-state index contributed by atoms with van der Waals surface area (Å²) < 4.78 is 5.32. The highest BCUT2D eigenvalue weighted by molar-refractivity contribution is 5.58. The molecule has 94 valence electrons. The SMILES string of the molecule is Oc1ccccc1Cc1cc(-c2ccccc2)no1. The zero-order valence-electron chi connectivity index (χ0n) is 10.3. The summed E-state index contributed by atoms with van der Waals surface area (Å²) in [5.74, 6) is 1.01. The second-order valence-electron chi connectivity index (χ2n) is 4.35. The first-order valence-electron chi connectivity index (χ1n) is 6.11. The standard InChI is InChI=1S/C16H13NO2/c18-16-9-5-4-8-13(16)10-14-11-15(17-19-14)12-6-2-1-3-7-12/h1-9,11,18H,10H2. The van der Waals surface area contributed by atoms with E-state index in [0.717, 1.165) is 22.6 Å². The lowest BCUT2D eigenvalue weighted by atomic mass is 10.1. The number of rotatable bonds is 3. The van der Waals surface area contributed by atoms with Crippen LogP contribution in [0, 0.1) is 0 Å². The molecule has 1 aromatic heterocycles. The summed E-state index contributed by atoms with van der Waals surface area (Å²) >= 11 is 0. The third-order valence-corrected chi connectivity index (χ3v) is 2.98. The topological polar surface area (TPSA) is 46.3 Å². The van der Waals surface area contributed by atoms with Crippen LogP contribution in [0.2, 0.25) is 0 Å². The fraction of sp³-hybridized carbons (Fsp3) is 0.0625. The van der Waals surface area contributed by atoms with Crippen molar-refractivity contribution in [1.82, 2.24) is 5.16 Å². The van der Waals surface area contributed by atoms with Gasteiger partial charge in [0.1, 0.15) is 17.2 Å². The van der Waals surface area contributed by atoms with Gasteiger partial charge in [-0.15, -0.1) is 0 Å². The van der Waals surface area contributed by atoms with Crippen molar-refractivity contribution in [2.24, 2.45) is 0 Å². The molecule has 0 aliphatic rings. The second-order valence-corrected chi connectivity index (χ2v) is 4.35. The number of para-hydroxylation sites is 1. The molecule has 0 fully saturated rings. The Morgan fingerprint density at radius 1 is 0.947 bits per heavy atom. The lowest BCUT2D eigenvalue weighted by Crippen LogP contribution is -1.85. The van der Waals surface area contributed by atoms with Crippen LogP contribution < -0.4 is 0 Å². The van der Waals surface area contributed by atoms with Crippen LogP contribution in [0.25, 0.3) is 11.3 Å². The molecule has 3 aromatic rings. The normalized spacial score (nSPS) is 10.5. The van der Waals surface area contributed by atoms with Gasteiger partial charge < -0.3 is 9.63 Å². The second kappa shape index (κ2) is 4.98. The molecule has 0 bridgehead atoms. The van der Waals surface area contributed by atoms with Gasteiger partial charge in [0.05, 0.1) is 0 Å². The zero-order valence-corrected chi connectivity index (χ0v) is 10.3. The van der Waals surface area contributed by atoms with Crippen molar-refractivity contribution in [2.45, 2.75) is 6.42 Å². The van der Waals surface area contributed by atoms with Crippen LogP contribution in [-0.4, -0.2) is 10.3 Å². The minimum Gasteiger partial charge on any atom is -0.508 e. The number of hydrogen-bond donors (Lipinski definition) is 1. The maximum absolute atomic E-state index is 9.73. The first kappa shape index (κ1) is 11.5. The van der Waals surface area contributed by atoms with E-state index in [4.69, 9.17) is 4.52 Å². The van der Waals surface area contributed by atoms with E-state index >= 15 is 0 Å². The van der Waals surface area contributed by atoms with Gasteiger partial charge in [0, 0.05) is 23.6 Å².